The smallest absolute Gasteiger partial charge is 0.276 e. The number of nitrogens with two attached hydrogens (primary N) is 1. The summed E-state index contributed by atoms with van der Waals surface area (Å²) in [6.07, 6.45) is 1.41. The summed E-state index contributed by atoms with van der Waals surface area (Å²) in [4.78, 5) is 12.0. The van der Waals surface area contributed by atoms with Gasteiger partial charge in [0.25, 0.3) is 5.91 Å². The van der Waals surface area contributed by atoms with Gasteiger partial charge >= 0.3 is 0 Å². The molecule has 0 atom stereocenters. The predicted molar refractivity (Wildman–Crippen MR) is 80.2 cm³/mol. The highest BCUT2D eigenvalue weighted by Gasteiger charge is 2.15. The van der Waals surface area contributed by atoms with Gasteiger partial charge in [-0.1, -0.05) is 18.2 Å². The highest BCUT2D eigenvalue weighted by Crippen LogP contribution is 2.16. The molecular weight excluding hydrogens is 270 g/mol. The average molecular weight is 287 g/mol. The maximum absolute atomic E-state index is 12.0. The molecular formula is C14H17N5O2. The summed E-state index contributed by atoms with van der Waals surface area (Å²) >= 11 is 0. The van der Waals surface area contributed by atoms with Crippen molar-refractivity contribution in [3.05, 3.63) is 42.1 Å². The van der Waals surface area contributed by atoms with Gasteiger partial charge in [-0.3, -0.25) is 4.79 Å². The van der Waals surface area contributed by atoms with E-state index in [9.17, 15) is 4.79 Å². The van der Waals surface area contributed by atoms with E-state index in [1.165, 1.54) is 10.9 Å². The Kier molecular flexibility index (Phi) is 4.55. The van der Waals surface area contributed by atoms with Gasteiger partial charge in [0.15, 0.2) is 0 Å². The standard InChI is InChI=1S/C14H17N5O2/c1-3-21-10(2)17-18-14(20)12-9-16-19(13(12)15)11-7-5-4-6-8-11/h4-9H,3,15H2,1-2H3,(H,18,20)/b17-10+. The van der Waals surface area contributed by atoms with E-state index in [2.05, 4.69) is 15.6 Å². The second kappa shape index (κ2) is 6.56. The van der Waals surface area contributed by atoms with E-state index in [-0.39, 0.29) is 11.4 Å². The molecule has 0 aliphatic rings. The van der Waals surface area contributed by atoms with Crippen molar-refractivity contribution in [1.82, 2.24) is 15.2 Å². The van der Waals surface area contributed by atoms with Crippen LogP contribution in [0.4, 0.5) is 5.82 Å². The number of amides is 1. The first-order chi connectivity index (χ1) is 10.1. The van der Waals surface area contributed by atoms with E-state index >= 15 is 0 Å². The number of benzene rings is 1. The minimum absolute atomic E-state index is 0.253. The van der Waals surface area contributed by atoms with Crippen molar-refractivity contribution in [3.63, 3.8) is 0 Å². The first-order valence-corrected chi connectivity index (χ1v) is 6.49. The van der Waals surface area contributed by atoms with Crippen molar-refractivity contribution in [2.24, 2.45) is 5.10 Å². The lowest BCUT2D eigenvalue weighted by Crippen LogP contribution is -2.20. The summed E-state index contributed by atoms with van der Waals surface area (Å²) in [6, 6.07) is 9.32. The van der Waals surface area contributed by atoms with E-state index in [1.807, 2.05) is 37.3 Å². The van der Waals surface area contributed by atoms with Gasteiger partial charge in [0.05, 0.1) is 18.5 Å². The SMILES string of the molecule is CCO/C(C)=N/NC(=O)c1cnn(-c2ccccc2)c1N. The third-order valence-electron chi connectivity index (χ3n) is 2.72. The highest BCUT2D eigenvalue weighted by molar-refractivity contribution is 5.98. The van der Waals surface area contributed by atoms with Crippen molar-refractivity contribution in [3.8, 4) is 5.69 Å². The van der Waals surface area contributed by atoms with E-state index in [0.29, 0.717) is 12.5 Å². The number of hydrogen-bond acceptors (Lipinski definition) is 5. The molecule has 1 heterocycles. The summed E-state index contributed by atoms with van der Waals surface area (Å²) < 4.78 is 6.61. The number of hydrogen-bond donors (Lipinski definition) is 2. The Labute approximate surface area is 122 Å². The lowest BCUT2D eigenvalue weighted by molar-refractivity contribution is 0.0954. The Morgan fingerprint density at radius 3 is 2.81 bits per heavy atom. The number of para-hydroxylation sites is 1. The largest absolute Gasteiger partial charge is 0.480 e. The third-order valence-corrected chi connectivity index (χ3v) is 2.72. The topological polar surface area (TPSA) is 94.5 Å². The molecule has 0 spiro atoms. The minimum atomic E-state index is -0.436. The fourth-order valence-electron chi connectivity index (χ4n) is 1.74. The van der Waals surface area contributed by atoms with Crippen LogP contribution < -0.4 is 11.2 Å². The Morgan fingerprint density at radius 1 is 1.43 bits per heavy atom. The summed E-state index contributed by atoms with van der Waals surface area (Å²) in [6.45, 7) is 3.97. The van der Waals surface area contributed by atoms with Crippen LogP contribution in [0.5, 0.6) is 0 Å². The van der Waals surface area contributed by atoms with Crippen LogP contribution in [0.15, 0.2) is 41.6 Å². The van der Waals surface area contributed by atoms with Gasteiger partial charge in [-0.25, -0.2) is 10.1 Å². The van der Waals surface area contributed by atoms with Crippen molar-refractivity contribution >= 4 is 17.6 Å². The van der Waals surface area contributed by atoms with Crippen molar-refractivity contribution < 1.29 is 9.53 Å². The Bertz CT molecular complexity index is 649. The molecule has 1 aromatic carbocycles. The fourth-order valence-corrected chi connectivity index (χ4v) is 1.74. The summed E-state index contributed by atoms with van der Waals surface area (Å²) in [5, 5.41) is 7.94. The fraction of sp³-hybridized carbons (Fsp3) is 0.214. The molecule has 0 saturated heterocycles. The number of carbonyl (C=O) groups excluding carboxylic acids is 1. The van der Waals surface area contributed by atoms with Crippen LogP contribution >= 0.6 is 0 Å². The van der Waals surface area contributed by atoms with Crippen LogP contribution in [0.1, 0.15) is 24.2 Å². The molecule has 0 aliphatic carbocycles. The lowest BCUT2D eigenvalue weighted by Gasteiger charge is -2.05. The molecule has 0 aliphatic heterocycles. The molecule has 110 valence electrons. The molecule has 0 radical (unpaired) electrons. The number of hydrazone groups is 1. The molecule has 1 aromatic heterocycles. The van der Waals surface area contributed by atoms with Gasteiger partial charge < -0.3 is 10.5 Å². The molecule has 0 bridgehead atoms. The van der Waals surface area contributed by atoms with Crippen LogP contribution in [-0.4, -0.2) is 28.2 Å². The van der Waals surface area contributed by atoms with E-state index < -0.39 is 5.91 Å². The zero-order chi connectivity index (χ0) is 15.2. The second-order valence-corrected chi connectivity index (χ2v) is 4.20. The molecule has 0 fully saturated rings. The maximum Gasteiger partial charge on any atom is 0.276 e. The summed E-state index contributed by atoms with van der Waals surface area (Å²) in [5.41, 5.74) is 9.38. The van der Waals surface area contributed by atoms with Gasteiger partial charge in [-0.05, 0) is 19.1 Å². The van der Waals surface area contributed by atoms with E-state index in [0.717, 1.165) is 5.69 Å². The van der Waals surface area contributed by atoms with Gasteiger partial charge in [-0.2, -0.15) is 5.10 Å². The first-order valence-electron chi connectivity index (χ1n) is 6.49. The van der Waals surface area contributed by atoms with Crippen LogP contribution in [0.25, 0.3) is 5.69 Å². The van der Waals surface area contributed by atoms with Gasteiger partial charge in [0.1, 0.15) is 11.4 Å². The molecule has 7 heteroatoms. The zero-order valence-corrected chi connectivity index (χ0v) is 11.9. The molecule has 2 aromatic rings. The summed E-state index contributed by atoms with van der Waals surface area (Å²) in [7, 11) is 0. The minimum Gasteiger partial charge on any atom is -0.480 e. The quantitative estimate of drug-likeness (QED) is 0.507. The molecule has 7 nitrogen and oxygen atoms in total. The molecule has 3 N–H and O–H groups in total. The number of nitrogens with one attached hydrogen (secondary N) is 1. The number of anilines is 1. The number of ether oxygens (including phenoxy) is 1. The Morgan fingerprint density at radius 2 is 2.14 bits per heavy atom. The number of nitrogens with zero attached hydrogens (tertiary/aromatic N) is 3. The van der Waals surface area contributed by atoms with Crippen molar-refractivity contribution in [1.29, 1.82) is 0 Å². The monoisotopic (exact) mass is 287 g/mol. The lowest BCUT2D eigenvalue weighted by atomic mass is 10.3. The van der Waals surface area contributed by atoms with Crippen LogP contribution in [0.3, 0.4) is 0 Å². The molecule has 0 unspecified atom stereocenters. The van der Waals surface area contributed by atoms with Crippen molar-refractivity contribution in [2.75, 3.05) is 12.3 Å². The van der Waals surface area contributed by atoms with Gasteiger partial charge in [0, 0.05) is 6.92 Å². The van der Waals surface area contributed by atoms with Crippen molar-refractivity contribution in [2.45, 2.75) is 13.8 Å². The van der Waals surface area contributed by atoms with E-state index in [1.54, 1.807) is 6.92 Å². The average Bonchev–Trinajstić information content (AvgIpc) is 2.88. The number of aromatic nitrogens is 2. The normalized spacial score (nSPS) is 11.2. The Hall–Kier alpha value is -2.83. The Balaban J connectivity index is 2.17. The highest BCUT2D eigenvalue weighted by atomic mass is 16.5. The number of rotatable bonds is 4. The molecule has 0 saturated carbocycles. The van der Waals surface area contributed by atoms with E-state index in [4.69, 9.17) is 10.5 Å². The van der Waals surface area contributed by atoms with Gasteiger partial charge in [0.2, 0.25) is 5.90 Å². The van der Waals surface area contributed by atoms with Crippen LogP contribution in [0.2, 0.25) is 0 Å². The van der Waals surface area contributed by atoms with Crippen LogP contribution in [0, 0.1) is 0 Å². The third kappa shape index (κ3) is 3.38. The van der Waals surface area contributed by atoms with Crippen LogP contribution in [-0.2, 0) is 4.74 Å². The molecule has 1 amide bonds. The second-order valence-electron chi connectivity index (χ2n) is 4.20. The summed E-state index contributed by atoms with van der Waals surface area (Å²) in [5.74, 6) is 0.191. The zero-order valence-electron chi connectivity index (χ0n) is 11.9. The maximum atomic E-state index is 12.0. The number of nitrogen functional groups attached to an aromatic ring is 1. The number of carbonyl (C=O) groups is 1. The van der Waals surface area contributed by atoms with Gasteiger partial charge in [-0.15, -0.1) is 5.10 Å². The molecule has 2 rings (SSSR count). The predicted octanol–water partition coefficient (Wildman–Crippen LogP) is 1.55. The molecule has 21 heavy (non-hydrogen) atoms. The first kappa shape index (κ1) is 14.6.